The molecule has 1 atom stereocenters. The maximum Gasteiger partial charge on any atom is 0.235 e. The summed E-state index contributed by atoms with van der Waals surface area (Å²) in [5.41, 5.74) is 5.68. The minimum Gasteiger partial charge on any atom is -0.399 e. The molecule has 2 rings (SSSR count). The molecule has 1 aromatic carbocycles. The topological polar surface area (TPSA) is 72.6 Å². The molecule has 0 aromatic heterocycles. The summed E-state index contributed by atoms with van der Waals surface area (Å²) in [5, 5.41) is 0. The Kier molecular flexibility index (Phi) is 4.49. The predicted octanol–water partition coefficient (Wildman–Crippen LogP) is 0.374. The summed E-state index contributed by atoms with van der Waals surface area (Å²) in [5.74, 6) is -1.12. The molecule has 19 heavy (non-hydrogen) atoms. The van der Waals surface area contributed by atoms with Crippen LogP contribution in [0.3, 0.4) is 0 Å². The molecule has 1 aliphatic rings. The van der Waals surface area contributed by atoms with E-state index in [1.165, 1.54) is 12.1 Å². The Bertz CT molecular complexity index is 504. The van der Waals surface area contributed by atoms with Gasteiger partial charge in [0.15, 0.2) is 0 Å². The van der Waals surface area contributed by atoms with Crippen molar-refractivity contribution in [3.63, 3.8) is 0 Å². The van der Waals surface area contributed by atoms with E-state index >= 15 is 0 Å². The predicted molar refractivity (Wildman–Crippen MR) is 69.5 cm³/mol. The highest BCUT2D eigenvalue weighted by molar-refractivity contribution is 7.85. The van der Waals surface area contributed by atoms with Crippen LogP contribution in [0, 0.1) is 5.82 Å². The Morgan fingerprint density at radius 2 is 2.11 bits per heavy atom. The summed E-state index contributed by atoms with van der Waals surface area (Å²) >= 11 is 0. The molecule has 2 N–H and O–H groups in total. The number of hydrogen-bond acceptors (Lipinski definition) is 4. The lowest BCUT2D eigenvalue weighted by atomic mass is 10.3. The Morgan fingerprint density at radius 3 is 2.74 bits per heavy atom. The number of morpholine rings is 1. The normalized spacial score (nSPS) is 17.2. The van der Waals surface area contributed by atoms with Crippen molar-refractivity contribution in [1.82, 2.24) is 4.90 Å². The number of amides is 1. The van der Waals surface area contributed by atoms with Crippen molar-refractivity contribution in [1.29, 1.82) is 0 Å². The minimum atomic E-state index is -1.70. The molecule has 1 saturated heterocycles. The van der Waals surface area contributed by atoms with Gasteiger partial charge >= 0.3 is 0 Å². The van der Waals surface area contributed by atoms with Crippen molar-refractivity contribution in [3.05, 3.63) is 24.0 Å². The molecule has 1 unspecified atom stereocenters. The van der Waals surface area contributed by atoms with Crippen molar-refractivity contribution in [2.45, 2.75) is 4.90 Å². The molecular formula is C12H15FN2O3S. The quantitative estimate of drug-likeness (QED) is 0.815. The summed E-state index contributed by atoms with van der Waals surface area (Å²) in [6.07, 6.45) is 0. The SMILES string of the molecule is Nc1ccc(S(=O)CC(=O)N2CCOCC2)c(F)c1. The molecule has 1 heterocycles. The molecule has 0 aliphatic carbocycles. The van der Waals surface area contributed by atoms with Crippen LogP contribution in [-0.4, -0.2) is 47.1 Å². The van der Waals surface area contributed by atoms with Gasteiger partial charge < -0.3 is 15.4 Å². The van der Waals surface area contributed by atoms with E-state index in [9.17, 15) is 13.4 Å². The number of rotatable bonds is 3. The van der Waals surface area contributed by atoms with E-state index < -0.39 is 16.6 Å². The molecule has 5 nitrogen and oxygen atoms in total. The van der Waals surface area contributed by atoms with Gasteiger partial charge in [-0.1, -0.05) is 0 Å². The summed E-state index contributed by atoms with van der Waals surface area (Å²) < 4.78 is 30.7. The maximum atomic E-state index is 13.6. The van der Waals surface area contributed by atoms with Crippen LogP contribution in [0.25, 0.3) is 0 Å². The van der Waals surface area contributed by atoms with Crippen LogP contribution in [0.1, 0.15) is 0 Å². The zero-order valence-electron chi connectivity index (χ0n) is 10.3. The van der Waals surface area contributed by atoms with Gasteiger partial charge in [0.05, 0.1) is 28.9 Å². The average molecular weight is 286 g/mol. The first-order valence-corrected chi connectivity index (χ1v) is 7.19. The first kappa shape index (κ1) is 14.0. The van der Waals surface area contributed by atoms with Gasteiger partial charge in [0.2, 0.25) is 5.91 Å². The lowest BCUT2D eigenvalue weighted by molar-refractivity contribution is -0.132. The molecule has 7 heteroatoms. The Balaban J connectivity index is 2.02. The van der Waals surface area contributed by atoms with Crippen LogP contribution in [0.4, 0.5) is 10.1 Å². The fraction of sp³-hybridized carbons (Fsp3) is 0.417. The molecule has 0 spiro atoms. The average Bonchev–Trinajstić information content (AvgIpc) is 2.39. The number of anilines is 1. The Morgan fingerprint density at radius 1 is 1.42 bits per heavy atom. The number of nitrogens with zero attached hydrogens (tertiary/aromatic N) is 1. The first-order chi connectivity index (χ1) is 9.08. The molecule has 1 aromatic rings. The van der Waals surface area contributed by atoms with Crippen LogP contribution in [0.15, 0.2) is 23.1 Å². The molecule has 0 radical (unpaired) electrons. The van der Waals surface area contributed by atoms with Crippen molar-refractivity contribution < 1.29 is 18.1 Å². The largest absolute Gasteiger partial charge is 0.399 e. The number of hydrogen-bond donors (Lipinski definition) is 1. The highest BCUT2D eigenvalue weighted by Crippen LogP contribution is 2.16. The smallest absolute Gasteiger partial charge is 0.235 e. The molecule has 0 bridgehead atoms. The molecule has 1 amide bonds. The Labute approximate surface area is 113 Å². The standard InChI is InChI=1S/C12H15FN2O3S/c13-10-7-9(14)1-2-11(10)19(17)8-12(16)15-3-5-18-6-4-15/h1-2,7H,3-6,8,14H2. The zero-order valence-corrected chi connectivity index (χ0v) is 11.1. The molecular weight excluding hydrogens is 271 g/mol. The summed E-state index contributed by atoms with van der Waals surface area (Å²) in [6, 6.07) is 3.93. The second-order valence-corrected chi connectivity index (χ2v) is 5.59. The fourth-order valence-electron chi connectivity index (χ4n) is 1.80. The third kappa shape index (κ3) is 3.51. The van der Waals surface area contributed by atoms with E-state index in [2.05, 4.69) is 0 Å². The van der Waals surface area contributed by atoms with Gasteiger partial charge in [-0.05, 0) is 18.2 Å². The number of halogens is 1. The van der Waals surface area contributed by atoms with Crippen LogP contribution in [0.2, 0.25) is 0 Å². The lowest BCUT2D eigenvalue weighted by Gasteiger charge is -2.26. The molecule has 1 aliphatic heterocycles. The molecule has 0 saturated carbocycles. The summed E-state index contributed by atoms with van der Waals surface area (Å²) in [4.78, 5) is 13.5. The molecule has 1 fully saturated rings. The van der Waals surface area contributed by atoms with Gasteiger partial charge in [-0.2, -0.15) is 0 Å². The van der Waals surface area contributed by atoms with Crippen LogP contribution >= 0.6 is 0 Å². The molecule has 104 valence electrons. The van der Waals surface area contributed by atoms with E-state index in [0.717, 1.165) is 6.07 Å². The van der Waals surface area contributed by atoms with Gasteiger partial charge in [0.1, 0.15) is 11.6 Å². The summed E-state index contributed by atoms with van der Waals surface area (Å²) in [7, 11) is -1.70. The fourth-order valence-corrected chi connectivity index (χ4v) is 2.85. The minimum absolute atomic E-state index is 0.0100. The van der Waals surface area contributed by atoms with E-state index in [0.29, 0.717) is 26.3 Å². The van der Waals surface area contributed by atoms with Gasteiger partial charge in [0, 0.05) is 18.8 Å². The number of ether oxygens (including phenoxy) is 1. The number of nitrogen functional groups attached to an aromatic ring is 1. The highest BCUT2D eigenvalue weighted by Gasteiger charge is 2.21. The lowest BCUT2D eigenvalue weighted by Crippen LogP contribution is -2.42. The Hall–Kier alpha value is -1.47. The van der Waals surface area contributed by atoms with Crippen molar-refractivity contribution >= 4 is 22.4 Å². The van der Waals surface area contributed by atoms with E-state index in [4.69, 9.17) is 10.5 Å². The first-order valence-electron chi connectivity index (χ1n) is 5.87. The number of nitrogens with two attached hydrogens (primary N) is 1. The highest BCUT2D eigenvalue weighted by atomic mass is 32.2. The van der Waals surface area contributed by atoms with Gasteiger partial charge in [0.25, 0.3) is 0 Å². The monoisotopic (exact) mass is 286 g/mol. The van der Waals surface area contributed by atoms with Crippen molar-refractivity contribution in [3.8, 4) is 0 Å². The van der Waals surface area contributed by atoms with Gasteiger partial charge in [-0.3, -0.25) is 9.00 Å². The van der Waals surface area contributed by atoms with Crippen LogP contribution < -0.4 is 5.73 Å². The third-order valence-corrected chi connectivity index (χ3v) is 4.15. The second kappa shape index (κ2) is 6.12. The zero-order chi connectivity index (χ0) is 13.8. The second-order valence-electron chi connectivity index (χ2n) is 4.17. The van der Waals surface area contributed by atoms with Gasteiger partial charge in [-0.25, -0.2) is 4.39 Å². The van der Waals surface area contributed by atoms with Gasteiger partial charge in [-0.15, -0.1) is 0 Å². The van der Waals surface area contributed by atoms with Crippen LogP contribution in [-0.2, 0) is 20.3 Å². The van der Waals surface area contributed by atoms with Crippen molar-refractivity contribution in [2.24, 2.45) is 0 Å². The maximum absolute atomic E-state index is 13.6. The third-order valence-electron chi connectivity index (χ3n) is 2.82. The van der Waals surface area contributed by atoms with E-state index in [1.54, 1.807) is 4.90 Å². The van der Waals surface area contributed by atoms with E-state index in [-0.39, 0.29) is 22.2 Å². The number of carbonyl (C=O) groups excluding carboxylic acids is 1. The van der Waals surface area contributed by atoms with Crippen molar-refractivity contribution in [2.75, 3.05) is 37.8 Å². The number of carbonyl (C=O) groups is 1. The number of benzene rings is 1. The van der Waals surface area contributed by atoms with Crippen LogP contribution in [0.5, 0.6) is 0 Å². The summed E-state index contributed by atoms with van der Waals surface area (Å²) in [6.45, 7) is 1.93. The van der Waals surface area contributed by atoms with E-state index in [1.807, 2.05) is 0 Å².